The number of fused-ring (bicyclic) bond motifs is 7. The van der Waals surface area contributed by atoms with Crippen LogP contribution in [0.5, 0.6) is 0 Å². The second kappa shape index (κ2) is 5.54. The lowest BCUT2D eigenvalue weighted by atomic mass is 9.88. The number of hydrogen-bond donors (Lipinski definition) is 1. The van der Waals surface area contributed by atoms with Gasteiger partial charge in [0.2, 0.25) is 0 Å². The molecule has 0 aromatic heterocycles. The summed E-state index contributed by atoms with van der Waals surface area (Å²) < 4.78 is 0. The lowest BCUT2D eigenvalue weighted by Crippen LogP contribution is -2.39. The van der Waals surface area contributed by atoms with Crippen molar-refractivity contribution in [2.75, 3.05) is 0 Å². The number of allylic oxidation sites excluding steroid dienone is 2. The number of hydrogen-bond acceptors (Lipinski definition) is 2. The molecule has 3 heteroatoms. The zero-order valence-corrected chi connectivity index (χ0v) is 15.0. The van der Waals surface area contributed by atoms with E-state index in [-0.39, 0.29) is 5.91 Å². The molecule has 2 atom stereocenters. The van der Waals surface area contributed by atoms with Crippen molar-refractivity contribution >= 4 is 22.8 Å². The standard InChI is InChI=1S/C25H17NO2/c27-24-18-12-6-5-11-17(18)22-20(15-8-2-1-3-9-15)14-21-16-10-4-7-13-19(16)25(28)26(21)23(22)24/h1-14,23-24,27H/t23-,24-/m0/s1. The minimum Gasteiger partial charge on any atom is -0.386 e. The van der Waals surface area contributed by atoms with Crippen LogP contribution in [-0.2, 0) is 0 Å². The number of rotatable bonds is 1. The normalized spacial score (nSPS) is 21.8. The molecule has 134 valence electrons. The number of aliphatic hydroxyl groups is 1. The van der Waals surface area contributed by atoms with Gasteiger partial charge in [-0.25, -0.2) is 0 Å². The van der Waals surface area contributed by atoms with Crippen molar-refractivity contribution in [1.29, 1.82) is 0 Å². The van der Waals surface area contributed by atoms with Crippen LogP contribution >= 0.6 is 0 Å². The number of aliphatic hydroxyl groups excluding tert-OH is 1. The molecule has 0 spiro atoms. The minimum atomic E-state index is -0.744. The minimum absolute atomic E-state index is 0.0386. The number of nitrogens with zero attached hydrogens (tertiary/aromatic N) is 1. The molecule has 3 aliphatic rings. The van der Waals surface area contributed by atoms with Crippen LogP contribution in [0.2, 0.25) is 0 Å². The molecular formula is C25H17NO2. The first-order valence-corrected chi connectivity index (χ1v) is 9.47. The largest absolute Gasteiger partial charge is 0.386 e. The van der Waals surface area contributed by atoms with E-state index in [1.807, 2.05) is 66.7 Å². The predicted octanol–water partition coefficient (Wildman–Crippen LogP) is 4.52. The van der Waals surface area contributed by atoms with Gasteiger partial charge in [-0.2, -0.15) is 0 Å². The first kappa shape index (κ1) is 15.6. The van der Waals surface area contributed by atoms with Gasteiger partial charge >= 0.3 is 0 Å². The zero-order chi connectivity index (χ0) is 18.8. The van der Waals surface area contributed by atoms with Crippen LogP contribution in [0.25, 0.3) is 16.8 Å². The fraction of sp³-hybridized carbons (Fsp3) is 0.0800. The molecule has 0 saturated carbocycles. The van der Waals surface area contributed by atoms with Crippen LogP contribution in [0.3, 0.4) is 0 Å². The maximum atomic E-state index is 13.3. The Morgan fingerprint density at radius 3 is 2.18 bits per heavy atom. The molecule has 0 saturated heterocycles. The highest BCUT2D eigenvalue weighted by Crippen LogP contribution is 2.53. The molecule has 28 heavy (non-hydrogen) atoms. The van der Waals surface area contributed by atoms with Gasteiger partial charge in [-0.15, -0.1) is 0 Å². The van der Waals surface area contributed by atoms with Crippen molar-refractivity contribution in [3.05, 3.63) is 113 Å². The third-order valence-electron chi connectivity index (χ3n) is 6.01. The first-order valence-electron chi connectivity index (χ1n) is 9.47. The van der Waals surface area contributed by atoms with Gasteiger partial charge < -0.3 is 5.11 Å². The molecule has 1 N–H and O–H groups in total. The first-order chi connectivity index (χ1) is 13.8. The highest BCUT2D eigenvalue weighted by molar-refractivity contribution is 6.16. The summed E-state index contributed by atoms with van der Waals surface area (Å²) in [6.07, 6.45) is 1.37. The second-order valence-electron chi connectivity index (χ2n) is 7.42. The van der Waals surface area contributed by atoms with Crippen molar-refractivity contribution in [1.82, 2.24) is 4.90 Å². The summed E-state index contributed by atoms with van der Waals surface area (Å²) in [6.45, 7) is 0. The highest BCUT2D eigenvalue weighted by Gasteiger charge is 2.49. The van der Waals surface area contributed by atoms with Gasteiger partial charge in [0.25, 0.3) is 5.91 Å². The summed E-state index contributed by atoms with van der Waals surface area (Å²) in [7, 11) is 0. The molecule has 3 aromatic carbocycles. The average molecular weight is 363 g/mol. The number of benzene rings is 3. The monoisotopic (exact) mass is 363 g/mol. The summed E-state index contributed by atoms with van der Waals surface area (Å²) in [5.41, 5.74) is 7.61. The van der Waals surface area contributed by atoms with E-state index in [0.29, 0.717) is 5.56 Å². The van der Waals surface area contributed by atoms with Crippen molar-refractivity contribution in [3.63, 3.8) is 0 Å². The van der Waals surface area contributed by atoms with Crippen LogP contribution < -0.4 is 0 Å². The molecule has 1 amide bonds. The third-order valence-corrected chi connectivity index (χ3v) is 6.01. The lowest BCUT2D eigenvalue weighted by molar-refractivity contribution is 0.0690. The highest BCUT2D eigenvalue weighted by atomic mass is 16.3. The smallest absolute Gasteiger partial charge is 0.259 e. The van der Waals surface area contributed by atoms with Gasteiger partial charge in [-0.05, 0) is 40.0 Å². The van der Waals surface area contributed by atoms with E-state index in [2.05, 4.69) is 18.2 Å². The predicted molar refractivity (Wildman–Crippen MR) is 109 cm³/mol. The zero-order valence-electron chi connectivity index (χ0n) is 15.0. The molecule has 0 bridgehead atoms. The molecule has 2 heterocycles. The topological polar surface area (TPSA) is 40.5 Å². The van der Waals surface area contributed by atoms with Crippen molar-refractivity contribution in [2.24, 2.45) is 0 Å². The summed E-state index contributed by atoms with van der Waals surface area (Å²) in [6, 6.07) is 25.4. The summed E-state index contributed by atoms with van der Waals surface area (Å²) in [5.74, 6) is -0.0386. The van der Waals surface area contributed by atoms with E-state index < -0.39 is 12.1 Å². The maximum absolute atomic E-state index is 13.3. The third kappa shape index (κ3) is 1.89. The van der Waals surface area contributed by atoms with Crippen molar-refractivity contribution in [2.45, 2.75) is 12.1 Å². The molecule has 3 nitrogen and oxygen atoms in total. The second-order valence-corrected chi connectivity index (χ2v) is 7.42. The molecule has 0 fully saturated rings. The lowest BCUT2D eigenvalue weighted by Gasteiger charge is -2.34. The van der Waals surface area contributed by atoms with Gasteiger partial charge in [0.15, 0.2) is 0 Å². The summed E-state index contributed by atoms with van der Waals surface area (Å²) in [5, 5.41) is 11.2. The maximum Gasteiger partial charge on any atom is 0.259 e. The Bertz CT molecular complexity index is 1210. The number of carbonyl (C=O) groups is 1. The van der Waals surface area contributed by atoms with Crippen molar-refractivity contribution in [3.8, 4) is 0 Å². The van der Waals surface area contributed by atoms with Gasteiger partial charge in [-0.1, -0.05) is 72.8 Å². The van der Waals surface area contributed by atoms with E-state index in [1.165, 1.54) is 0 Å². The molecule has 0 unspecified atom stereocenters. The van der Waals surface area contributed by atoms with Gasteiger partial charge in [-0.3, -0.25) is 9.69 Å². The fourth-order valence-electron chi connectivity index (χ4n) is 4.82. The van der Waals surface area contributed by atoms with E-state index in [4.69, 9.17) is 0 Å². The quantitative estimate of drug-likeness (QED) is 0.690. The number of carbonyl (C=O) groups excluding carboxylic acids is 1. The Morgan fingerprint density at radius 1 is 0.750 bits per heavy atom. The molecule has 3 aromatic rings. The van der Waals surface area contributed by atoms with Crippen LogP contribution in [0.1, 0.15) is 38.7 Å². The fourth-order valence-corrected chi connectivity index (χ4v) is 4.82. The average Bonchev–Trinajstić information content (AvgIpc) is 3.21. The van der Waals surface area contributed by atoms with E-state index in [9.17, 15) is 9.90 Å². The Morgan fingerprint density at radius 2 is 1.39 bits per heavy atom. The van der Waals surface area contributed by atoms with Crippen LogP contribution in [-0.4, -0.2) is 22.0 Å². The Labute approximate surface area is 162 Å². The molecule has 0 radical (unpaired) electrons. The van der Waals surface area contributed by atoms with Crippen molar-refractivity contribution < 1.29 is 9.90 Å². The van der Waals surface area contributed by atoms with Crippen LogP contribution in [0.4, 0.5) is 0 Å². The van der Waals surface area contributed by atoms with Crippen LogP contribution in [0, 0.1) is 0 Å². The summed E-state index contributed by atoms with van der Waals surface area (Å²) in [4.78, 5) is 15.1. The van der Waals surface area contributed by atoms with Crippen LogP contribution in [0.15, 0.2) is 84.9 Å². The van der Waals surface area contributed by atoms with E-state index in [0.717, 1.165) is 39.1 Å². The Kier molecular flexibility index (Phi) is 3.09. The van der Waals surface area contributed by atoms with Gasteiger partial charge in [0.1, 0.15) is 6.10 Å². The molecule has 2 aliphatic heterocycles. The summed E-state index contributed by atoms with van der Waals surface area (Å²) >= 11 is 0. The SMILES string of the molecule is O=C1c2ccccc2C2=CC(c3ccccc3)=C3c4ccccc4[C@H](O)[C@H]3N12. The Balaban J connectivity index is 1.69. The molecular weight excluding hydrogens is 346 g/mol. The van der Waals surface area contributed by atoms with Gasteiger partial charge in [0.05, 0.1) is 11.7 Å². The Hall–Kier alpha value is -3.43. The van der Waals surface area contributed by atoms with E-state index >= 15 is 0 Å². The van der Waals surface area contributed by atoms with Gasteiger partial charge in [0, 0.05) is 11.1 Å². The van der Waals surface area contributed by atoms with E-state index in [1.54, 1.807) is 4.90 Å². The number of amides is 1. The molecule has 1 aliphatic carbocycles. The molecule has 6 rings (SSSR count).